The Bertz CT molecular complexity index is 880. The van der Waals surface area contributed by atoms with Crippen LogP contribution in [0.15, 0.2) is 23.8 Å². The molecule has 1 aliphatic rings. The Kier molecular flexibility index (Phi) is 4.59. The van der Waals surface area contributed by atoms with E-state index in [1.165, 1.54) is 17.6 Å². The van der Waals surface area contributed by atoms with Crippen molar-refractivity contribution in [1.82, 2.24) is 25.4 Å². The van der Waals surface area contributed by atoms with Crippen LogP contribution in [-0.2, 0) is 4.74 Å². The summed E-state index contributed by atoms with van der Waals surface area (Å²) in [5.41, 5.74) is 3.15. The van der Waals surface area contributed by atoms with Crippen molar-refractivity contribution in [3.63, 3.8) is 0 Å². The fourth-order valence-corrected chi connectivity index (χ4v) is 3.50. The highest BCUT2D eigenvalue weighted by Gasteiger charge is 2.24. The number of hydrogen-bond acceptors (Lipinski definition) is 9. The zero-order valence-corrected chi connectivity index (χ0v) is 15.0. The van der Waals surface area contributed by atoms with Gasteiger partial charge >= 0.3 is 0 Å². The summed E-state index contributed by atoms with van der Waals surface area (Å²) in [6.07, 6.45) is 3.01. The highest BCUT2D eigenvalue weighted by molar-refractivity contribution is 7.12. The number of hydrogen-bond donors (Lipinski definition) is 3. The van der Waals surface area contributed by atoms with Crippen molar-refractivity contribution in [1.29, 1.82) is 5.41 Å². The summed E-state index contributed by atoms with van der Waals surface area (Å²) >= 11 is 1.43. The molecule has 0 unspecified atom stereocenters. The maximum absolute atomic E-state index is 7.90. The minimum Gasteiger partial charge on any atom is -0.377 e. The van der Waals surface area contributed by atoms with Gasteiger partial charge in [0.15, 0.2) is 5.82 Å². The maximum Gasteiger partial charge on any atom is 0.153 e. The van der Waals surface area contributed by atoms with E-state index >= 15 is 0 Å². The van der Waals surface area contributed by atoms with Gasteiger partial charge in [0.2, 0.25) is 0 Å². The third-order valence-electron chi connectivity index (χ3n) is 4.19. The van der Waals surface area contributed by atoms with Gasteiger partial charge in [0.25, 0.3) is 0 Å². The Labute approximate surface area is 154 Å². The van der Waals surface area contributed by atoms with Crippen LogP contribution in [0.1, 0.15) is 12.5 Å². The smallest absolute Gasteiger partial charge is 0.153 e. The topological polar surface area (TPSA) is 116 Å². The monoisotopic (exact) mass is 370 g/mol. The summed E-state index contributed by atoms with van der Waals surface area (Å²) in [4.78, 5) is 6.98. The first kappa shape index (κ1) is 16.6. The van der Waals surface area contributed by atoms with E-state index in [1.807, 2.05) is 12.1 Å². The van der Waals surface area contributed by atoms with Gasteiger partial charge in [0, 0.05) is 36.1 Å². The van der Waals surface area contributed by atoms with Crippen LogP contribution in [0.3, 0.4) is 0 Å². The van der Waals surface area contributed by atoms with Crippen molar-refractivity contribution in [2.75, 3.05) is 30.0 Å². The minimum atomic E-state index is 0.211. The molecule has 0 amide bonds. The molecule has 0 saturated carbocycles. The van der Waals surface area contributed by atoms with Gasteiger partial charge in [-0.15, -0.1) is 10.2 Å². The molecular weight excluding hydrogens is 352 g/mol. The van der Waals surface area contributed by atoms with E-state index in [2.05, 4.69) is 37.5 Å². The van der Waals surface area contributed by atoms with Gasteiger partial charge in [-0.3, -0.25) is 5.10 Å². The molecule has 4 heterocycles. The third kappa shape index (κ3) is 3.16. The van der Waals surface area contributed by atoms with Gasteiger partial charge in [0.05, 0.1) is 19.3 Å². The number of anilines is 3. The predicted molar refractivity (Wildman–Crippen MR) is 101 cm³/mol. The Balaban J connectivity index is 1.84. The van der Waals surface area contributed by atoms with Gasteiger partial charge < -0.3 is 20.4 Å². The zero-order valence-electron chi connectivity index (χ0n) is 14.1. The second-order valence-electron chi connectivity index (χ2n) is 5.88. The predicted octanol–water partition coefficient (Wildman–Crippen LogP) is 2.29. The molecule has 0 spiro atoms. The lowest BCUT2D eigenvalue weighted by molar-refractivity contribution is 0.0985. The number of pyridine rings is 1. The van der Waals surface area contributed by atoms with Crippen LogP contribution in [0.2, 0.25) is 0 Å². The van der Waals surface area contributed by atoms with Crippen LogP contribution in [0.5, 0.6) is 0 Å². The van der Waals surface area contributed by atoms with Crippen molar-refractivity contribution in [3.05, 3.63) is 29.4 Å². The minimum absolute atomic E-state index is 0.211. The fraction of sp³-hybridized carbons (Fsp3) is 0.312. The molecule has 134 valence electrons. The summed E-state index contributed by atoms with van der Waals surface area (Å²) in [6.45, 7) is 4.19. The second kappa shape index (κ2) is 7.18. The quantitative estimate of drug-likeness (QED) is 0.590. The average molecular weight is 370 g/mol. The van der Waals surface area contributed by atoms with Gasteiger partial charge in [-0.1, -0.05) is 11.3 Å². The summed E-state index contributed by atoms with van der Waals surface area (Å²) in [6, 6.07) is 3.99. The molecule has 4 rings (SSSR count). The van der Waals surface area contributed by atoms with Crippen molar-refractivity contribution in [3.8, 4) is 10.6 Å². The molecule has 0 aliphatic carbocycles. The lowest BCUT2D eigenvalue weighted by atomic mass is 10.1. The molecule has 1 saturated heterocycles. The standard InChI is InChI=1S/C16H18N8OS/c1-10-8-25-5-4-24(10)14-6-11(16-23-19-9-26-16)12(7-17)15(21-14)20-13-2-3-18-22-13/h2-3,6-7,9-10,17H,4-5,8H2,1H3,(H2,18,20,21,22)/t10-/m1/s1. The molecule has 9 nitrogen and oxygen atoms in total. The van der Waals surface area contributed by atoms with E-state index in [0.717, 1.165) is 22.9 Å². The number of rotatable bonds is 5. The number of H-pyrrole nitrogens is 1. The first-order valence-corrected chi connectivity index (χ1v) is 9.07. The first-order valence-electron chi connectivity index (χ1n) is 8.19. The SMILES string of the molecule is C[C@@H]1COCCN1c1cc(-c2nncs2)c(C=N)c(Nc2cc[nH]n2)n1. The zero-order chi connectivity index (χ0) is 17.9. The lowest BCUT2D eigenvalue weighted by Gasteiger charge is -2.34. The number of aromatic amines is 1. The van der Waals surface area contributed by atoms with Crippen LogP contribution in [-0.4, -0.2) is 57.4 Å². The summed E-state index contributed by atoms with van der Waals surface area (Å²) in [5, 5.41) is 26.9. The Morgan fingerprint density at radius 2 is 2.42 bits per heavy atom. The molecule has 3 aromatic rings. The maximum atomic E-state index is 7.90. The number of nitrogens with one attached hydrogen (secondary N) is 3. The average Bonchev–Trinajstić information content (AvgIpc) is 3.35. The van der Waals surface area contributed by atoms with Gasteiger partial charge in [-0.2, -0.15) is 5.10 Å². The van der Waals surface area contributed by atoms with E-state index in [9.17, 15) is 0 Å². The second-order valence-corrected chi connectivity index (χ2v) is 6.71. The largest absolute Gasteiger partial charge is 0.377 e. The van der Waals surface area contributed by atoms with Crippen molar-refractivity contribution >= 4 is 35.0 Å². The van der Waals surface area contributed by atoms with Crippen molar-refractivity contribution in [2.45, 2.75) is 13.0 Å². The van der Waals surface area contributed by atoms with Crippen LogP contribution < -0.4 is 10.2 Å². The van der Waals surface area contributed by atoms with E-state index in [1.54, 1.807) is 11.7 Å². The fourth-order valence-electron chi connectivity index (χ4n) is 2.92. The van der Waals surface area contributed by atoms with E-state index in [0.29, 0.717) is 30.4 Å². The molecule has 0 aromatic carbocycles. The van der Waals surface area contributed by atoms with Crippen molar-refractivity contribution < 1.29 is 4.74 Å². The van der Waals surface area contributed by atoms with Gasteiger partial charge in [-0.25, -0.2) is 4.98 Å². The molecule has 1 atom stereocenters. The van der Waals surface area contributed by atoms with Crippen LogP contribution in [0, 0.1) is 5.41 Å². The first-order chi connectivity index (χ1) is 12.8. The Morgan fingerprint density at radius 1 is 1.50 bits per heavy atom. The molecule has 3 N–H and O–H groups in total. The van der Waals surface area contributed by atoms with E-state index in [4.69, 9.17) is 15.1 Å². The number of morpholine rings is 1. The van der Waals surface area contributed by atoms with E-state index in [-0.39, 0.29) is 6.04 Å². The van der Waals surface area contributed by atoms with Crippen LogP contribution >= 0.6 is 11.3 Å². The Morgan fingerprint density at radius 3 is 3.12 bits per heavy atom. The molecule has 0 radical (unpaired) electrons. The Hall–Kier alpha value is -2.85. The summed E-state index contributed by atoms with van der Waals surface area (Å²) in [7, 11) is 0. The molecule has 1 fully saturated rings. The van der Waals surface area contributed by atoms with Gasteiger partial charge in [0.1, 0.15) is 22.2 Å². The normalized spacial score (nSPS) is 17.3. The molecule has 0 bridgehead atoms. The number of ether oxygens (including phenoxy) is 1. The van der Waals surface area contributed by atoms with Crippen LogP contribution in [0.25, 0.3) is 10.6 Å². The summed E-state index contributed by atoms with van der Waals surface area (Å²) < 4.78 is 5.54. The van der Waals surface area contributed by atoms with Crippen molar-refractivity contribution in [2.24, 2.45) is 0 Å². The van der Waals surface area contributed by atoms with E-state index < -0.39 is 0 Å². The van der Waals surface area contributed by atoms with Gasteiger partial charge in [-0.05, 0) is 13.0 Å². The van der Waals surface area contributed by atoms with Crippen LogP contribution in [0.4, 0.5) is 17.5 Å². The highest BCUT2D eigenvalue weighted by Crippen LogP contribution is 2.33. The highest BCUT2D eigenvalue weighted by atomic mass is 32.1. The molecular formula is C16H18N8OS. The third-order valence-corrected chi connectivity index (χ3v) is 4.91. The summed E-state index contributed by atoms with van der Waals surface area (Å²) in [5.74, 6) is 2.01. The molecule has 10 heteroatoms. The number of nitrogens with zero attached hydrogens (tertiary/aromatic N) is 5. The molecule has 1 aliphatic heterocycles. The number of aromatic nitrogens is 5. The molecule has 3 aromatic heterocycles. The lowest BCUT2D eigenvalue weighted by Crippen LogP contribution is -2.44. The molecule has 26 heavy (non-hydrogen) atoms.